The van der Waals surface area contributed by atoms with Crippen molar-refractivity contribution in [3.8, 4) is 0 Å². The van der Waals surface area contributed by atoms with Crippen LogP contribution in [0.5, 0.6) is 0 Å². The van der Waals surface area contributed by atoms with Crippen molar-refractivity contribution < 1.29 is 9.21 Å². The van der Waals surface area contributed by atoms with E-state index in [1.807, 2.05) is 59.3 Å². The molecule has 1 N–H and O–H groups in total. The van der Waals surface area contributed by atoms with Gasteiger partial charge in [0.25, 0.3) is 0 Å². The lowest BCUT2D eigenvalue weighted by Crippen LogP contribution is -2.29. The van der Waals surface area contributed by atoms with Crippen LogP contribution in [0.25, 0.3) is 11.9 Å². The van der Waals surface area contributed by atoms with E-state index in [0.29, 0.717) is 12.1 Å². The number of aldehydes is 1. The quantitative estimate of drug-likeness (QED) is 0.480. The lowest BCUT2D eigenvalue weighted by molar-refractivity contribution is 0.111. The van der Waals surface area contributed by atoms with Gasteiger partial charge in [0.1, 0.15) is 17.3 Å². The van der Waals surface area contributed by atoms with E-state index in [2.05, 4.69) is 29.6 Å². The number of benzene rings is 2. The molecule has 3 heterocycles. The predicted molar refractivity (Wildman–Crippen MR) is 116 cm³/mol. The van der Waals surface area contributed by atoms with Gasteiger partial charge in [0.15, 0.2) is 6.29 Å². The monoisotopic (exact) mass is 395 g/mol. The van der Waals surface area contributed by atoms with Crippen LogP contribution in [0.1, 0.15) is 44.9 Å². The highest BCUT2D eigenvalue weighted by Crippen LogP contribution is 2.30. The number of hydrogen-bond acceptors (Lipinski definition) is 4. The minimum Gasteiger partial charge on any atom is -0.469 e. The molecule has 1 atom stereocenters. The second kappa shape index (κ2) is 7.87. The number of nitrogens with one attached hydrogen (secondary N) is 1. The van der Waals surface area contributed by atoms with Gasteiger partial charge in [-0.1, -0.05) is 60.7 Å². The standard InChI is InChI=1S/C25H21N3O2/c29-17-24-21(15-20-12-7-13-30-20)27-25-22(14-18-8-3-1-4-9-18)26-23(16-28(24)25)19-10-5-2-6-11-19/h1-13,16-17,22,26H,14-15H2. The lowest BCUT2D eigenvalue weighted by Gasteiger charge is -2.27. The maximum Gasteiger partial charge on any atom is 0.168 e. The number of aromatic nitrogens is 2. The minimum absolute atomic E-state index is 0.0587. The highest BCUT2D eigenvalue weighted by molar-refractivity contribution is 5.82. The van der Waals surface area contributed by atoms with Crippen molar-refractivity contribution in [1.29, 1.82) is 0 Å². The molecule has 0 radical (unpaired) electrons. The summed E-state index contributed by atoms with van der Waals surface area (Å²) >= 11 is 0. The largest absolute Gasteiger partial charge is 0.469 e. The molecule has 0 amide bonds. The molecule has 0 spiro atoms. The summed E-state index contributed by atoms with van der Waals surface area (Å²) < 4.78 is 7.41. The van der Waals surface area contributed by atoms with E-state index < -0.39 is 0 Å². The highest BCUT2D eigenvalue weighted by atomic mass is 16.3. The summed E-state index contributed by atoms with van der Waals surface area (Å²) in [4.78, 5) is 16.9. The van der Waals surface area contributed by atoms with Gasteiger partial charge in [-0.15, -0.1) is 0 Å². The molecule has 4 aromatic rings. The molecule has 1 unspecified atom stereocenters. The summed E-state index contributed by atoms with van der Waals surface area (Å²) in [5.41, 5.74) is 4.53. The molecule has 2 aromatic carbocycles. The summed E-state index contributed by atoms with van der Waals surface area (Å²) in [5.74, 6) is 1.62. The van der Waals surface area contributed by atoms with Gasteiger partial charge < -0.3 is 9.73 Å². The zero-order chi connectivity index (χ0) is 20.3. The molecule has 148 valence electrons. The van der Waals surface area contributed by atoms with E-state index in [9.17, 15) is 4.79 Å². The van der Waals surface area contributed by atoms with Crippen LogP contribution < -0.4 is 5.32 Å². The summed E-state index contributed by atoms with van der Waals surface area (Å²) in [6.45, 7) is 0. The zero-order valence-electron chi connectivity index (χ0n) is 16.4. The Bertz CT molecular complexity index is 1180. The van der Waals surface area contributed by atoms with E-state index in [0.717, 1.165) is 41.2 Å². The lowest BCUT2D eigenvalue weighted by atomic mass is 10.0. The number of fused-ring (bicyclic) bond motifs is 1. The van der Waals surface area contributed by atoms with Crippen molar-refractivity contribution >= 4 is 18.2 Å². The Labute approximate surface area is 174 Å². The number of rotatable bonds is 6. The second-order valence-electron chi connectivity index (χ2n) is 7.34. The topological polar surface area (TPSA) is 60.1 Å². The van der Waals surface area contributed by atoms with E-state index in [1.54, 1.807) is 6.26 Å². The third-order valence-corrected chi connectivity index (χ3v) is 5.35. The Kier molecular flexibility index (Phi) is 4.77. The SMILES string of the molecule is O=Cc1c(Cc2ccco2)nc2n1C=C(c1ccccc1)NC2Cc1ccccc1. The van der Waals surface area contributed by atoms with Crippen molar-refractivity contribution in [2.45, 2.75) is 18.9 Å². The minimum atomic E-state index is -0.0587. The van der Waals surface area contributed by atoms with E-state index in [1.165, 1.54) is 5.56 Å². The maximum atomic E-state index is 12.1. The van der Waals surface area contributed by atoms with Gasteiger partial charge in [0, 0.05) is 6.20 Å². The van der Waals surface area contributed by atoms with Crippen LogP contribution in [0.15, 0.2) is 83.5 Å². The summed E-state index contributed by atoms with van der Waals surface area (Å²) in [6, 6.07) is 24.1. The van der Waals surface area contributed by atoms with E-state index >= 15 is 0 Å². The van der Waals surface area contributed by atoms with Gasteiger partial charge >= 0.3 is 0 Å². The normalized spacial score (nSPS) is 15.2. The fraction of sp³-hybridized carbons (Fsp3) is 0.120. The maximum absolute atomic E-state index is 12.1. The third kappa shape index (κ3) is 3.46. The van der Waals surface area contributed by atoms with Crippen LogP contribution in [0.2, 0.25) is 0 Å². The van der Waals surface area contributed by atoms with Crippen molar-refractivity contribution in [1.82, 2.24) is 14.9 Å². The Hall–Kier alpha value is -3.86. The van der Waals surface area contributed by atoms with Crippen LogP contribution in [0.4, 0.5) is 0 Å². The number of imidazole rings is 1. The summed E-state index contributed by atoms with van der Waals surface area (Å²) in [7, 11) is 0. The van der Waals surface area contributed by atoms with Gasteiger partial charge in [0.05, 0.1) is 30.1 Å². The van der Waals surface area contributed by atoms with E-state index in [-0.39, 0.29) is 6.04 Å². The predicted octanol–water partition coefficient (Wildman–Crippen LogP) is 4.72. The van der Waals surface area contributed by atoms with Gasteiger partial charge in [-0.2, -0.15) is 0 Å². The second-order valence-corrected chi connectivity index (χ2v) is 7.34. The molecule has 0 fully saturated rings. The van der Waals surface area contributed by atoms with Crippen molar-refractivity contribution in [2.24, 2.45) is 0 Å². The first-order chi connectivity index (χ1) is 14.8. The molecule has 1 aliphatic rings. The molecule has 1 aliphatic heterocycles. The molecule has 5 rings (SSSR count). The Balaban J connectivity index is 1.60. The molecule has 0 bridgehead atoms. The third-order valence-electron chi connectivity index (χ3n) is 5.35. The molecule has 30 heavy (non-hydrogen) atoms. The van der Waals surface area contributed by atoms with E-state index in [4.69, 9.17) is 9.40 Å². The zero-order valence-corrected chi connectivity index (χ0v) is 16.4. The number of carbonyl (C=O) groups is 1. The Morgan fingerprint density at radius 1 is 1.00 bits per heavy atom. The molecule has 2 aromatic heterocycles. The van der Waals surface area contributed by atoms with Gasteiger partial charge in [-0.25, -0.2) is 4.98 Å². The number of furan rings is 1. The first-order valence-corrected chi connectivity index (χ1v) is 9.98. The fourth-order valence-electron chi connectivity index (χ4n) is 3.91. The number of carbonyl (C=O) groups excluding carboxylic acids is 1. The van der Waals surface area contributed by atoms with Crippen LogP contribution >= 0.6 is 0 Å². The Morgan fingerprint density at radius 2 is 1.77 bits per heavy atom. The molecular weight excluding hydrogens is 374 g/mol. The summed E-state index contributed by atoms with van der Waals surface area (Å²) in [6.07, 6.45) is 5.74. The molecule has 0 saturated carbocycles. The first kappa shape index (κ1) is 18.2. The van der Waals surface area contributed by atoms with Gasteiger partial charge in [0.2, 0.25) is 0 Å². The molecule has 0 saturated heterocycles. The Morgan fingerprint density at radius 3 is 2.47 bits per heavy atom. The van der Waals surface area contributed by atoms with Gasteiger partial charge in [-0.05, 0) is 29.7 Å². The number of hydrogen-bond donors (Lipinski definition) is 1. The average molecular weight is 395 g/mol. The van der Waals surface area contributed by atoms with Crippen LogP contribution in [-0.2, 0) is 12.8 Å². The molecule has 5 nitrogen and oxygen atoms in total. The van der Waals surface area contributed by atoms with Crippen LogP contribution in [0.3, 0.4) is 0 Å². The smallest absolute Gasteiger partial charge is 0.168 e. The molecule has 5 heteroatoms. The van der Waals surface area contributed by atoms with Crippen LogP contribution in [0, 0.1) is 0 Å². The van der Waals surface area contributed by atoms with Crippen molar-refractivity contribution in [2.75, 3.05) is 0 Å². The average Bonchev–Trinajstić information content (AvgIpc) is 3.43. The molecular formula is C25H21N3O2. The first-order valence-electron chi connectivity index (χ1n) is 9.98. The summed E-state index contributed by atoms with van der Waals surface area (Å²) in [5, 5.41) is 3.64. The highest BCUT2D eigenvalue weighted by Gasteiger charge is 2.28. The molecule has 0 aliphatic carbocycles. The number of nitrogens with zero attached hydrogens (tertiary/aromatic N) is 2. The van der Waals surface area contributed by atoms with Gasteiger partial charge in [-0.3, -0.25) is 9.36 Å². The van der Waals surface area contributed by atoms with Crippen molar-refractivity contribution in [3.05, 3.63) is 113 Å². The fourth-order valence-corrected chi connectivity index (χ4v) is 3.91. The van der Waals surface area contributed by atoms with Crippen molar-refractivity contribution in [3.63, 3.8) is 0 Å². The van der Waals surface area contributed by atoms with Crippen LogP contribution in [-0.4, -0.2) is 15.8 Å².